The number of hydrogen-bond acceptors (Lipinski definition) is 4. The number of aryl methyl sites for hydroxylation is 2. The number of aliphatic hydroxyl groups excluding tert-OH is 1. The molecule has 4 nitrogen and oxygen atoms in total. The lowest BCUT2D eigenvalue weighted by Crippen LogP contribution is -2.17. The van der Waals surface area contributed by atoms with Crippen LogP contribution in [0.1, 0.15) is 54.7 Å². The van der Waals surface area contributed by atoms with E-state index in [-0.39, 0.29) is 30.1 Å². The van der Waals surface area contributed by atoms with Crippen LogP contribution in [0.5, 0.6) is 0 Å². The van der Waals surface area contributed by atoms with E-state index in [1.54, 1.807) is 17.4 Å². The minimum Gasteiger partial charge on any atom is -0.481 e. The van der Waals surface area contributed by atoms with Crippen LogP contribution in [0.2, 0.25) is 0 Å². The summed E-state index contributed by atoms with van der Waals surface area (Å²) in [5, 5.41) is 18.9. The maximum atomic E-state index is 12.1. The van der Waals surface area contributed by atoms with Crippen LogP contribution in [0.3, 0.4) is 0 Å². The second-order valence-corrected chi connectivity index (χ2v) is 8.68. The van der Waals surface area contributed by atoms with Crippen LogP contribution in [0, 0.1) is 18.8 Å². The minimum atomic E-state index is -0.765. The number of carbonyl (C=O) groups is 2. The lowest BCUT2D eigenvalue weighted by atomic mass is 9.90. The van der Waals surface area contributed by atoms with Gasteiger partial charge < -0.3 is 10.2 Å². The molecule has 3 atom stereocenters. The van der Waals surface area contributed by atoms with Gasteiger partial charge in [-0.3, -0.25) is 9.59 Å². The number of aliphatic hydroxyl groups is 1. The molecule has 0 saturated heterocycles. The zero-order chi connectivity index (χ0) is 19.6. The highest BCUT2D eigenvalue weighted by Gasteiger charge is 2.32. The van der Waals surface area contributed by atoms with Gasteiger partial charge in [0.25, 0.3) is 0 Å². The number of ketones is 1. The molecule has 0 radical (unpaired) electrons. The van der Waals surface area contributed by atoms with Gasteiger partial charge in [-0.25, -0.2) is 0 Å². The summed E-state index contributed by atoms with van der Waals surface area (Å²) in [4.78, 5) is 25.2. The molecule has 0 spiro atoms. The first kappa shape index (κ1) is 21.6. The number of carboxylic acids is 1. The van der Waals surface area contributed by atoms with E-state index < -0.39 is 5.97 Å². The van der Waals surface area contributed by atoms with Gasteiger partial charge in [0, 0.05) is 22.6 Å². The third-order valence-corrected chi connectivity index (χ3v) is 6.18. The van der Waals surface area contributed by atoms with Gasteiger partial charge in [-0.05, 0) is 75.5 Å². The summed E-state index contributed by atoms with van der Waals surface area (Å²) >= 11 is 1.74. The number of unbranched alkanes of at least 4 members (excludes halogenated alkanes) is 1. The Kier molecular flexibility index (Phi) is 8.95. The fraction of sp³-hybridized carbons (Fsp3) is 0.545. The molecule has 1 aliphatic rings. The molecular weight excluding hydrogens is 360 g/mol. The Hall–Kier alpha value is -1.72. The smallest absolute Gasteiger partial charge is 0.303 e. The predicted octanol–water partition coefficient (Wildman–Crippen LogP) is 4.70. The third kappa shape index (κ3) is 7.81. The van der Waals surface area contributed by atoms with Gasteiger partial charge in [0.2, 0.25) is 0 Å². The Labute approximate surface area is 165 Å². The van der Waals surface area contributed by atoms with E-state index in [2.05, 4.69) is 19.1 Å². The van der Waals surface area contributed by atoms with Crippen molar-refractivity contribution in [3.8, 4) is 0 Å². The number of rotatable bonds is 11. The second kappa shape index (κ2) is 11.2. The summed E-state index contributed by atoms with van der Waals surface area (Å²) in [5.74, 6) is -0.245. The van der Waals surface area contributed by atoms with Crippen molar-refractivity contribution in [1.29, 1.82) is 0 Å². The largest absolute Gasteiger partial charge is 0.481 e. The van der Waals surface area contributed by atoms with Crippen LogP contribution in [0.15, 0.2) is 36.4 Å². The quantitative estimate of drug-likeness (QED) is 0.326. The SMILES string of the molecule is Cc1ccc(CCC(=O)C=C[C@H]2CCC(O)[C@@H]2CC=CCCCC(=O)O)s1. The number of allylic oxidation sites excluding steroid dienone is 4. The highest BCUT2D eigenvalue weighted by Crippen LogP contribution is 2.35. The first-order valence-electron chi connectivity index (χ1n) is 9.77. The van der Waals surface area contributed by atoms with Crippen molar-refractivity contribution in [3.63, 3.8) is 0 Å². The number of aliphatic carboxylic acids is 1. The van der Waals surface area contributed by atoms with E-state index in [9.17, 15) is 14.7 Å². The van der Waals surface area contributed by atoms with E-state index in [4.69, 9.17) is 5.11 Å². The summed E-state index contributed by atoms with van der Waals surface area (Å²) < 4.78 is 0. The average Bonchev–Trinajstić information content (AvgIpc) is 3.20. The molecule has 0 bridgehead atoms. The molecular formula is C22H30O4S. The van der Waals surface area contributed by atoms with E-state index in [1.165, 1.54) is 9.75 Å². The van der Waals surface area contributed by atoms with Crippen molar-refractivity contribution >= 4 is 23.1 Å². The molecule has 1 unspecified atom stereocenters. The summed E-state index contributed by atoms with van der Waals surface area (Å²) in [6.07, 6.45) is 12.8. The number of carboxylic acid groups (broad SMARTS) is 1. The monoisotopic (exact) mass is 390 g/mol. The van der Waals surface area contributed by atoms with Crippen molar-refractivity contribution in [3.05, 3.63) is 46.2 Å². The van der Waals surface area contributed by atoms with E-state index in [0.29, 0.717) is 12.8 Å². The molecule has 2 N–H and O–H groups in total. The standard InChI is InChI=1S/C22H30O4S/c1-16-8-13-19(27-16)14-12-18(23)11-9-17-10-15-21(24)20(17)6-4-2-3-5-7-22(25)26/h2,4,8-9,11,13,17,20-21,24H,3,5-7,10,12,14-15H2,1H3,(H,25,26)/t17-,20+,21?/m0/s1. The van der Waals surface area contributed by atoms with Crippen molar-refractivity contribution in [1.82, 2.24) is 0 Å². The Morgan fingerprint density at radius 3 is 2.74 bits per heavy atom. The Balaban J connectivity index is 1.75. The minimum absolute atomic E-state index is 0.143. The van der Waals surface area contributed by atoms with Gasteiger partial charge >= 0.3 is 5.97 Å². The zero-order valence-electron chi connectivity index (χ0n) is 16.0. The van der Waals surface area contributed by atoms with Gasteiger partial charge in [-0.2, -0.15) is 0 Å². The van der Waals surface area contributed by atoms with Crippen LogP contribution >= 0.6 is 11.3 Å². The predicted molar refractivity (Wildman–Crippen MR) is 109 cm³/mol. The third-order valence-electron chi connectivity index (χ3n) is 5.12. The van der Waals surface area contributed by atoms with Crippen molar-refractivity contribution < 1.29 is 19.8 Å². The lowest BCUT2D eigenvalue weighted by molar-refractivity contribution is -0.137. The molecule has 1 aliphatic carbocycles. The van der Waals surface area contributed by atoms with Crippen LogP contribution in [0.4, 0.5) is 0 Å². The molecule has 1 saturated carbocycles. The fourth-order valence-electron chi connectivity index (χ4n) is 3.57. The van der Waals surface area contributed by atoms with Gasteiger partial charge in [0.05, 0.1) is 6.10 Å². The molecule has 0 aliphatic heterocycles. The number of hydrogen-bond donors (Lipinski definition) is 2. The zero-order valence-corrected chi connectivity index (χ0v) is 16.8. The van der Waals surface area contributed by atoms with E-state index in [0.717, 1.165) is 32.1 Å². The van der Waals surface area contributed by atoms with Crippen molar-refractivity contribution in [2.75, 3.05) is 0 Å². The van der Waals surface area contributed by atoms with Gasteiger partial charge in [-0.1, -0.05) is 18.2 Å². The molecule has 148 valence electrons. The first-order valence-corrected chi connectivity index (χ1v) is 10.6. The Morgan fingerprint density at radius 1 is 1.22 bits per heavy atom. The molecule has 1 aromatic heterocycles. The average molecular weight is 391 g/mol. The summed E-state index contributed by atoms with van der Waals surface area (Å²) in [6, 6.07) is 4.17. The molecule has 0 aromatic carbocycles. The van der Waals surface area contributed by atoms with Gasteiger partial charge in [0.1, 0.15) is 0 Å². The maximum absolute atomic E-state index is 12.1. The first-order chi connectivity index (χ1) is 13.0. The van der Waals surface area contributed by atoms with E-state index in [1.807, 2.05) is 18.2 Å². The van der Waals surface area contributed by atoms with Crippen molar-refractivity contribution in [2.24, 2.45) is 11.8 Å². The summed E-state index contributed by atoms with van der Waals surface area (Å²) in [7, 11) is 0. The van der Waals surface area contributed by atoms with Gasteiger partial charge in [-0.15, -0.1) is 11.3 Å². The lowest BCUT2D eigenvalue weighted by Gasteiger charge is -2.17. The topological polar surface area (TPSA) is 74.6 Å². The van der Waals surface area contributed by atoms with Crippen LogP contribution in [-0.2, 0) is 16.0 Å². The van der Waals surface area contributed by atoms with Gasteiger partial charge in [0.15, 0.2) is 5.78 Å². The summed E-state index contributed by atoms with van der Waals surface area (Å²) in [5.41, 5.74) is 0. The van der Waals surface area contributed by atoms with Crippen LogP contribution in [0.25, 0.3) is 0 Å². The molecule has 0 amide bonds. The fourth-order valence-corrected chi connectivity index (χ4v) is 4.46. The highest BCUT2D eigenvalue weighted by molar-refractivity contribution is 7.11. The summed E-state index contributed by atoms with van der Waals surface area (Å²) in [6.45, 7) is 2.07. The van der Waals surface area contributed by atoms with Crippen molar-refractivity contribution in [2.45, 2.75) is 64.4 Å². The highest BCUT2D eigenvalue weighted by atomic mass is 32.1. The normalized spacial score (nSPS) is 22.8. The number of thiophene rings is 1. The maximum Gasteiger partial charge on any atom is 0.303 e. The molecule has 2 rings (SSSR count). The van der Waals surface area contributed by atoms with E-state index >= 15 is 0 Å². The Morgan fingerprint density at radius 2 is 2.04 bits per heavy atom. The molecule has 1 fully saturated rings. The van der Waals surface area contributed by atoms with Crippen LogP contribution in [-0.4, -0.2) is 28.1 Å². The molecule has 27 heavy (non-hydrogen) atoms. The van der Waals surface area contributed by atoms with Crippen LogP contribution < -0.4 is 0 Å². The Bertz CT molecular complexity index is 674. The molecule has 5 heteroatoms. The number of carbonyl (C=O) groups excluding carboxylic acids is 1. The molecule has 1 heterocycles. The second-order valence-electron chi connectivity index (χ2n) is 7.30. The molecule has 1 aromatic rings.